The minimum Gasteiger partial charge on any atom is -0.496 e. The van der Waals surface area contributed by atoms with Gasteiger partial charge in [-0.3, -0.25) is 0 Å². The van der Waals surface area contributed by atoms with Crippen molar-refractivity contribution in [1.82, 2.24) is 5.32 Å². The third-order valence-corrected chi connectivity index (χ3v) is 4.85. The number of rotatable bonds is 4. The van der Waals surface area contributed by atoms with E-state index in [2.05, 4.69) is 35.8 Å². The van der Waals surface area contributed by atoms with Gasteiger partial charge in [-0.1, -0.05) is 25.1 Å². The molecule has 25 heavy (non-hydrogen) atoms. The first-order valence-electron chi connectivity index (χ1n) is 8.60. The summed E-state index contributed by atoms with van der Waals surface area (Å²) in [6, 6.07) is 10.9. The summed E-state index contributed by atoms with van der Waals surface area (Å²) in [6.45, 7) is 2.89. The number of anilines is 1. The van der Waals surface area contributed by atoms with E-state index in [4.69, 9.17) is 4.74 Å². The van der Waals surface area contributed by atoms with Crippen molar-refractivity contribution in [3.05, 3.63) is 76.4 Å². The average Bonchev–Trinajstić information content (AvgIpc) is 2.99. The summed E-state index contributed by atoms with van der Waals surface area (Å²) in [6.07, 6.45) is 4.02. The number of aryl methyl sites for hydroxylation is 1. The van der Waals surface area contributed by atoms with Crippen LogP contribution >= 0.6 is 0 Å². The standard InChI is InChI=1S/C21H21FN2O/c1-3-13-9-14-10-19-17(18(14)12-20(13)25-2)7-8-23-21(19)24-16-6-4-5-15(22)11-16/h4-7,9,11-12,23-24H,3,8,10H2,1-2H3. The van der Waals surface area contributed by atoms with E-state index in [9.17, 15) is 4.39 Å². The van der Waals surface area contributed by atoms with Gasteiger partial charge in [0.2, 0.25) is 0 Å². The lowest BCUT2D eigenvalue weighted by atomic mass is 10.00. The van der Waals surface area contributed by atoms with Crippen LogP contribution in [0.25, 0.3) is 5.57 Å². The molecule has 2 N–H and O–H groups in total. The zero-order valence-electron chi connectivity index (χ0n) is 14.4. The Balaban J connectivity index is 1.73. The van der Waals surface area contributed by atoms with Crippen molar-refractivity contribution in [2.75, 3.05) is 19.0 Å². The molecule has 0 saturated heterocycles. The van der Waals surface area contributed by atoms with Gasteiger partial charge < -0.3 is 15.4 Å². The van der Waals surface area contributed by atoms with E-state index >= 15 is 0 Å². The largest absolute Gasteiger partial charge is 0.496 e. The van der Waals surface area contributed by atoms with Crippen molar-refractivity contribution in [1.29, 1.82) is 0 Å². The van der Waals surface area contributed by atoms with E-state index < -0.39 is 0 Å². The lowest BCUT2D eigenvalue weighted by molar-refractivity contribution is 0.410. The van der Waals surface area contributed by atoms with Gasteiger partial charge in [-0.25, -0.2) is 4.39 Å². The number of benzene rings is 2. The molecule has 0 saturated carbocycles. The topological polar surface area (TPSA) is 33.3 Å². The second-order valence-corrected chi connectivity index (χ2v) is 6.34. The number of ether oxygens (including phenoxy) is 1. The second kappa shape index (κ2) is 6.28. The van der Waals surface area contributed by atoms with Crippen LogP contribution in [0.3, 0.4) is 0 Å². The van der Waals surface area contributed by atoms with Gasteiger partial charge in [0.05, 0.1) is 7.11 Å². The highest BCUT2D eigenvalue weighted by Gasteiger charge is 2.28. The van der Waals surface area contributed by atoms with E-state index in [0.29, 0.717) is 0 Å². The smallest absolute Gasteiger partial charge is 0.125 e. The third-order valence-electron chi connectivity index (χ3n) is 4.85. The van der Waals surface area contributed by atoms with Gasteiger partial charge in [0.1, 0.15) is 17.4 Å². The lowest BCUT2D eigenvalue weighted by Gasteiger charge is -2.21. The predicted octanol–water partition coefficient (Wildman–Crippen LogP) is 4.26. The van der Waals surface area contributed by atoms with Crippen LogP contribution in [0.1, 0.15) is 23.6 Å². The van der Waals surface area contributed by atoms with Crippen molar-refractivity contribution < 1.29 is 9.13 Å². The number of hydrogen-bond donors (Lipinski definition) is 2. The van der Waals surface area contributed by atoms with Crippen molar-refractivity contribution >= 4 is 11.3 Å². The van der Waals surface area contributed by atoms with Gasteiger partial charge in [0.15, 0.2) is 0 Å². The molecule has 128 valence electrons. The van der Waals surface area contributed by atoms with Gasteiger partial charge in [0.25, 0.3) is 0 Å². The van der Waals surface area contributed by atoms with Crippen LogP contribution in [0.4, 0.5) is 10.1 Å². The fourth-order valence-electron chi connectivity index (χ4n) is 3.64. The molecule has 0 unspecified atom stereocenters. The molecule has 0 fully saturated rings. The summed E-state index contributed by atoms with van der Waals surface area (Å²) in [5.74, 6) is 1.66. The number of dihydropyridines is 1. The maximum atomic E-state index is 13.5. The molecule has 0 radical (unpaired) electrons. The lowest BCUT2D eigenvalue weighted by Crippen LogP contribution is -2.25. The molecule has 0 aromatic heterocycles. The van der Waals surface area contributed by atoms with Crippen molar-refractivity contribution in [3.63, 3.8) is 0 Å². The Morgan fingerprint density at radius 1 is 1.24 bits per heavy atom. The zero-order valence-corrected chi connectivity index (χ0v) is 14.4. The average molecular weight is 336 g/mol. The molecule has 1 aliphatic heterocycles. The van der Waals surface area contributed by atoms with Crippen LogP contribution in [0, 0.1) is 5.82 Å². The molecule has 3 nitrogen and oxygen atoms in total. The Morgan fingerprint density at radius 3 is 2.88 bits per heavy atom. The summed E-state index contributed by atoms with van der Waals surface area (Å²) in [7, 11) is 1.72. The molecule has 0 bridgehead atoms. The maximum Gasteiger partial charge on any atom is 0.125 e. The molecular formula is C21H21FN2O. The Bertz CT molecular complexity index is 899. The minimum atomic E-state index is -0.241. The summed E-state index contributed by atoms with van der Waals surface area (Å²) in [5, 5.41) is 6.73. The van der Waals surface area contributed by atoms with Crippen molar-refractivity contribution in [2.45, 2.75) is 19.8 Å². The van der Waals surface area contributed by atoms with Crippen molar-refractivity contribution in [3.8, 4) is 5.75 Å². The van der Waals surface area contributed by atoms with Crippen LogP contribution in [0.5, 0.6) is 5.75 Å². The monoisotopic (exact) mass is 336 g/mol. The molecule has 0 amide bonds. The molecular weight excluding hydrogens is 315 g/mol. The van der Waals surface area contributed by atoms with Crippen molar-refractivity contribution in [2.24, 2.45) is 0 Å². The number of hydrogen-bond acceptors (Lipinski definition) is 3. The summed E-state index contributed by atoms with van der Waals surface area (Å²) in [5.41, 5.74) is 7.01. The molecule has 4 rings (SSSR count). The Morgan fingerprint density at radius 2 is 2.12 bits per heavy atom. The van der Waals surface area contributed by atoms with Gasteiger partial charge >= 0.3 is 0 Å². The zero-order chi connectivity index (χ0) is 17.4. The van der Waals surface area contributed by atoms with Gasteiger partial charge in [-0.05, 0) is 52.9 Å². The number of allylic oxidation sites excluding steroid dienone is 2. The van der Waals surface area contributed by atoms with Gasteiger partial charge in [0, 0.05) is 24.2 Å². The first kappa shape index (κ1) is 15.8. The Hall–Kier alpha value is -2.75. The maximum absolute atomic E-state index is 13.5. The molecule has 2 aromatic carbocycles. The van der Waals surface area contributed by atoms with Crippen LogP contribution < -0.4 is 15.4 Å². The first-order valence-corrected chi connectivity index (χ1v) is 8.60. The molecule has 1 aliphatic carbocycles. The highest BCUT2D eigenvalue weighted by Crippen LogP contribution is 2.42. The summed E-state index contributed by atoms with van der Waals surface area (Å²) < 4.78 is 19.0. The third kappa shape index (κ3) is 2.78. The molecule has 1 heterocycles. The SMILES string of the molecule is CCc1cc2c(cc1OC)C1=CCNC(Nc3cccc(F)c3)=C1C2. The number of halogens is 1. The Kier molecular flexibility index (Phi) is 3.96. The van der Waals surface area contributed by atoms with E-state index in [-0.39, 0.29) is 5.82 Å². The van der Waals surface area contributed by atoms with Crippen LogP contribution in [-0.4, -0.2) is 13.7 Å². The normalized spacial score (nSPS) is 15.2. The molecule has 4 heteroatoms. The van der Waals surface area contributed by atoms with E-state index in [1.165, 1.54) is 40.0 Å². The summed E-state index contributed by atoms with van der Waals surface area (Å²) in [4.78, 5) is 0. The molecule has 2 aromatic rings. The molecule has 0 spiro atoms. The Labute approximate surface area is 147 Å². The molecule has 0 atom stereocenters. The predicted molar refractivity (Wildman–Crippen MR) is 99.1 cm³/mol. The molecule has 2 aliphatic rings. The fraction of sp³-hybridized carbons (Fsp3) is 0.238. The van der Waals surface area contributed by atoms with Crippen LogP contribution in [0.2, 0.25) is 0 Å². The fourth-order valence-corrected chi connectivity index (χ4v) is 3.64. The summed E-state index contributed by atoms with van der Waals surface area (Å²) >= 11 is 0. The first-order chi connectivity index (χ1) is 12.2. The number of nitrogens with one attached hydrogen (secondary N) is 2. The highest BCUT2D eigenvalue weighted by molar-refractivity contribution is 5.89. The van der Waals surface area contributed by atoms with E-state index in [0.717, 1.165) is 36.6 Å². The highest BCUT2D eigenvalue weighted by atomic mass is 19.1. The van der Waals surface area contributed by atoms with Crippen LogP contribution in [0.15, 0.2) is 53.9 Å². The van der Waals surface area contributed by atoms with Gasteiger partial charge in [-0.15, -0.1) is 0 Å². The number of fused-ring (bicyclic) bond motifs is 3. The number of methoxy groups -OCH3 is 1. The van der Waals surface area contributed by atoms with Crippen LogP contribution in [-0.2, 0) is 12.8 Å². The van der Waals surface area contributed by atoms with Gasteiger partial charge in [-0.2, -0.15) is 0 Å². The second-order valence-electron chi connectivity index (χ2n) is 6.34. The van der Waals surface area contributed by atoms with E-state index in [1.807, 2.05) is 6.07 Å². The van der Waals surface area contributed by atoms with E-state index in [1.54, 1.807) is 13.2 Å². The quantitative estimate of drug-likeness (QED) is 0.875. The minimum absolute atomic E-state index is 0.241.